The van der Waals surface area contributed by atoms with Gasteiger partial charge in [-0.1, -0.05) is 12.2 Å². The van der Waals surface area contributed by atoms with Crippen molar-refractivity contribution in [1.82, 2.24) is 15.5 Å². The van der Waals surface area contributed by atoms with Gasteiger partial charge in [0.25, 0.3) is 0 Å². The van der Waals surface area contributed by atoms with Crippen molar-refractivity contribution in [3.63, 3.8) is 0 Å². The minimum absolute atomic E-state index is 0.244. The van der Waals surface area contributed by atoms with E-state index in [9.17, 15) is 0 Å². The first-order chi connectivity index (χ1) is 10.7. The topological polar surface area (TPSA) is 91.7 Å². The Balaban J connectivity index is 2.31. The van der Waals surface area contributed by atoms with Gasteiger partial charge in [-0.3, -0.25) is 4.99 Å². The summed E-state index contributed by atoms with van der Waals surface area (Å²) in [5.41, 5.74) is 15.3. The molecule has 2 rings (SSSR count). The van der Waals surface area contributed by atoms with Gasteiger partial charge in [0.15, 0.2) is 0 Å². The lowest BCUT2D eigenvalue weighted by molar-refractivity contribution is 0.552. The molecule has 6 heteroatoms. The van der Waals surface area contributed by atoms with Crippen LogP contribution in [0.3, 0.4) is 0 Å². The zero-order valence-corrected chi connectivity index (χ0v) is 13.2. The molecule has 0 saturated carbocycles. The summed E-state index contributed by atoms with van der Waals surface area (Å²) in [6, 6.07) is 0. The molecule has 0 aromatic heterocycles. The Morgan fingerprint density at radius 1 is 1.59 bits per heavy atom. The lowest BCUT2D eigenvalue weighted by Crippen LogP contribution is -2.41. The molecule has 0 amide bonds. The Hall–Kier alpha value is -2.05. The van der Waals surface area contributed by atoms with Crippen molar-refractivity contribution in [1.29, 1.82) is 0 Å². The number of nitrogens with one attached hydrogen (secondary N) is 2. The molecular formula is C16H26N6. The van der Waals surface area contributed by atoms with Crippen LogP contribution in [0.5, 0.6) is 0 Å². The summed E-state index contributed by atoms with van der Waals surface area (Å²) in [4.78, 5) is 6.81. The summed E-state index contributed by atoms with van der Waals surface area (Å²) in [7, 11) is 1.93. The Morgan fingerprint density at radius 3 is 3.14 bits per heavy atom. The van der Waals surface area contributed by atoms with E-state index in [1.54, 1.807) is 0 Å². The maximum atomic E-state index is 6.21. The smallest absolute Gasteiger partial charge is 0.103 e. The number of hydrogen-bond acceptors (Lipinski definition) is 6. The minimum Gasteiger partial charge on any atom is -0.385 e. The van der Waals surface area contributed by atoms with Gasteiger partial charge < -0.3 is 27.0 Å². The number of hydrogen-bond donors (Lipinski definition) is 4. The van der Waals surface area contributed by atoms with Crippen LogP contribution in [0.25, 0.3) is 0 Å². The first-order valence-corrected chi connectivity index (χ1v) is 7.60. The van der Waals surface area contributed by atoms with Crippen molar-refractivity contribution in [2.45, 2.75) is 19.0 Å². The van der Waals surface area contributed by atoms with Crippen molar-refractivity contribution < 1.29 is 0 Å². The van der Waals surface area contributed by atoms with Gasteiger partial charge in [-0.2, -0.15) is 0 Å². The molecule has 0 saturated heterocycles. The quantitative estimate of drug-likeness (QED) is 0.533. The largest absolute Gasteiger partial charge is 0.385 e. The molecule has 0 aromatic rings. The molecule has 120 valence electrons. The van der Waals surface area contributed by atoms with Crippen molar-refractivity contribution in [3.8, 4) is 0 Å². The molecular weight excluding hydrogens is 276 g/mol. The third kappa shape index (κ3) is 3.99. The first-order valence-electron chi connectivity index (χ1n) is 7.60. The van der Waals surface area contributed by atoms with Gasteiger partial charge in [0.1, 0.15) is 5.82 Å². The fraction of sp³-hybridized carbons (Fsp3) is 0.438. The van der Waals surface area contributed by atoms with Gasteiger partial charge in [-0.15, -0.1) is 6.58 Å². The van der Waals surface area contributed by atoms with Crippen LogP contribution >= 0.6 is 0 Å². The highest BCUT2D eigenvalue weighted by atomic mass is 15.1. The van der Waals surface area contributed by atoms with Crippen LogP contribution in [-0.4, -0.2) is 43.5 Å². The van der Waals surface area contributed by atoms with Crippen molar-refractivity contribution >= 4 is 5.71 Å². The summed E-state index contributed by atoms with van der Waals surface area (Å²) in [5, 5.41) is 6.28. The van der Waals surface area contributed by atoms with Gasteiger partial charge in [-0.25, -0.2) is 0 Å². The molecule has 2 aliphatic heterocycles. The minimum atomic E-state index is -0.244. The third-order valence-electron chi connectivity index (χ3n) is 3.62. The highest BCUT2D eigenvalue weighted by Crippen LogP contribution is 2.22. The lowest BCUT2D eigenvalue weighted by atomic mass is 9.96. The third-order valence-corrected chi connectivity index (χ3v) is 3.62. The van der Waals surface area contributed by atoms with Gasteiger partial charge >= 0.3 is 0 Å². The molecule has 22 heavy (non-hydrogen) atoms. The maximum absolute atomic E-state index is 6.21. The van der Waals surface area contributed by atoms with Crippen LogP contribution in [0.2, 0.25) is 0 Å². The van der Waals surface area contributed by atoms with E-state index >= 15 is 0 Å². The van der Waals surface area contributed by atoms with E-state index in [0.717, 1.165) is 42.8 Å². The van der Waals surface area contributed by atoms with E-state index in [-0.39, 0.29) is 6.17 Å². The predicted octanol–water partition coefficient (Wildman–Crippen LogP) is 0.385. The van der Waals surface area contributed by atoms with Crippen molar-refractivity contribution in [3.05, 3.63) is 48.1 Å². The summed E-state index contributed by atoms with van der Waals surface area (Å²) < 4.78 is 0. The van der Waals surface area contributed by atoms with Gasteiger partial charge in [0.2, 0.25) is 0 Å². The fourth-order valence-electron chi connectivity index (χ4n) is 2.57. The highest BCUT2D eigenvalue weighted by Gasteiger charge is 2.21. The molecule has 0 bridgehead atoms. The van der Waals surface area contributed by atoms with E-state index in [2.05, 4.69) is 40.6 Å². The number of aliphatic imine (C=N–C) groups is 1. The molecule has 1 unspecified atom stereocenters. The Morgan fingerprint density at radius 2 is 2.41 bits per heavy atom. The second kappa shape index (κ2) is 7.82. The van der Waals surface area contributed by atoms with Crippen LogP contribution in [0, 0.1) is 0 Å². The first kappa shape index (κ1) is 16.3. The summed E-state index contributed by atoms with van der Waals surface area (Å²) >= 11 is 0. The van der Waals surface area contributed by atoms with Crippen LogP contribution in [-0.2, 0) is 0 Å². The monoisotopic (exact) mass is 302 g/mol. The van der Waals surface area contributed by atoms with Crippen molar-refractivity contribution in [2.24, 2.45) is 16.5 Å². The number of rotatable bonds is 6. The van der Waals surface area contributed by atoms with Crippen molar-refractivity contribution in [2.75, 3.05) is 26.7 Å². The van der Waals surface area contributed by atoms with E-state index < -0.39 is 0 Å². The molecule has 6 nitrogen and oxygen atoms in total. The second-order valence-electron chi connectivity index (χ2n) is 5.41. The SMILES string of the molecule is C=CCN1C=CCC(C2=NCC(N)NC(N)=C2CCNC)=C1. The van der Waals surface area contributed by atoms with E-state index in [4.69, 9.17) is 16.5 Å². The average Bonchev–Trinajstić information content (AvgIpc) is 2.64. The normalized spacial score (nSPS) is 21.9. The van der Waals surface area contributed by atoms with Crippen LogP contribution in [0.4, 0.5) is 0 Å². The number of nitrogens with two attached hydrogens (primary N) is 2. The van der Waals surface area contributed by atoms with Gasteiger partial charge in [0.05, 0.1) is 18.4 Å². The van der Waals surface area contributed by atoms with Gasteiger partial charge in [0, 0.05) is 24.5 Å². The molecule has 0 aromatic carbocycles. The van der Waals surface area contributed by atoms with E-state index in [0.29, 0.717) is 12.4 Å². The zero-order valence-electron chi connectivity index (χ0n) is 13.2. The van der Waals surface area contributed by atoms with Crippen LogP contribution < -0.4 is 22.1 Å². The summed E-state index contributed by atoms with van der Waals surface area (Å²) in [5.74, 6) is 0.629. The molecule has 0 radical (unpaired) electrons. The maximum Gasteiger partial charge on any atom is 0.103 e. The lowest BCUT2D eigenvalue weighted by Gasteiger charge is -2.22. The van der Waals surface area contributed by atoms with Crippen LogP contribution in [0.1, 0.15) is 12.8 Å². The van der Waals surface area contributed by atoms with E-state index in [1.165, 1.54) is 0 Å². The summed E-state index contributed by atoms with van der Waals surface area (Å²) in [6.45, 7) is 5.91. The Kier molecular flexibility index (Phi) is 5.80. The Bertz CT molecular complexity index is 529. The molecule has 6 N–H and O–H groups in total. The van der Waals surface area contributed by atoms with Gasteiger partial charge in [-0.05, 0) is 32.0 Å². The molecule has 0 aliphatic carbocycles. The van der Waals surface area contributed by atoms with Crippen LogP contribution in [0.15, 0.2) is 53.1 Å². The number of nitrogens with zero attached hydrogens (tertiary/aromatic N) is 2. The molecule has 0 fully saturated rings. The second-order valence-corrected chi connectivity index (χ2v) is 5.41. The Labute approximate surface area is 132 Å². The highest BCUT2D eigenvalue weighted by molar-refractivity contribution is 6.13. The fourth-order valence-corrected chi connectivity index (χ4v) is 2.57. The van der Waals surface area contributed by atoms with E-state index in [1.807, 2.05) is 13.1 Å². The standard InChI is InChI=1S/C16H26N6/c1-3-8-22-9-4-5-12(11-22)15-13(6-7-19-2)16(18)21-14(17)10-20-15/h3-4,9,11,14,19,21H,1,5-8,10,17-18H2,2H3. The molecule has 2 aliphatic rings. The average molecular weight is 302 g/mol. The zero-order chi connectivity index (χ0) is 15.9. The molecule has 0 spiro atoms. The molecule has 2 heterocycles. The molecule has 1 atom stereocenters. The number of allylic oxidation sites excluding steroid dienone is 2. The predicted molar refractivity (Wildman–Crippen MR) is 91.9 cm³/mol. The summed E-state index contributed by atoms with van der Waals surface area (Å²) in [6.07, 6.45) is 9.59.